The van der Waals surface area contributed by atoms with Crippen LogP contribution in [0.2, 0.25) is 0 Å². The Morgan fingerprint density at radius 3 is 2.46 bits per heavy atom. The van der Waals surface area contributed by atoms with E-state index in [2.05, 4.69) is 15.5 Å². The van der Waals surface area contributed by atoms with Gasteiger partial charge in [-0.25, -0.2) is 13.6 Å². The van der Waals surface area contributed by atoms with Gasteiger partial charge in [-0.15, -0.1) is 0 Å². The van der Waals surface area contributed by atoms with E-state index in [0.717, 1.165) is 11.1 Å². The molecule has 0 atom stereocenters. The van der Waals surface area contributed by atoms with E-state index in [-0.39, 0.29) is 10.6 Å². The Balaban J connectivity index is 1.89. The average molecular weight is 370 g/mol. The van der Waals surface area contributed by atoms with E-state index in [1.807, 2.05) is 30.3 Å². The maximum absolute atomic E-state index is 12.5. The van der Waals surface area contributed by atoms with Gasteiger partial charge in [0.25, 0.3) is 5.91 Å². The monoisotopic (exact) mass is 370 g/mol. The Morgan fingerprint density at radius 2 is 1.81 bits per heavy atom. The molecule has 1 amide bonds. The molecule has 0 saturated carbocycles. The molecule has 26 heavy (non-hydrogen) atoms. The van der Waals surface area contributed by atoms with Crippen molar-refractivity contribution in [1.29, 1.82) is 0 Å². The Labute approximate surface area is 151 Å². The lowest BCUT2D eigenvalue weighted by atomic mass is 10.1. The Bertz CT molecular complexity index is 1070. The lowest BCUT2D eigenvalue weighted by molar-refractivity contribution is 0.102. The maximum atomic E-state index is 12.5. The van der Waals surface area contributed by atoms with Crippen LogP contribution in [-0.2, 0) is 10.0 Å². The second kappa shape index (κ2) is 6.74. The second-order valence-corrected chi connectivity index (χ2v) is 7.51. The van der Waals surface area contributed by atoms with Gasteiger partial charge in [0, 0.05) is 11.3 Å². The molecule has 134 valence electrons. The number of carbonyl (C=O) groups excluding carboxylic acids is 1. The van der Waals surface area contributed by atoms with Crippen molar-refractivity contribution in [1.82, 2.24) is 10.2 Å². The standard InChI is InChI=1S/C18H18N4O3S/c1-11-8-14(26(19,24)25)9-15(12(11)2)20-18(23)17-10-16(21-22-17)13-6-4-3-5-7-13/h3-10H,1-2H3,(H,20,23)(H,21,22)(H2,19,24,25). The van der Waals surface area contributed by atoms with Crippen LogP contribution >= 0.6 is 0 Å². The van der Waals surface area contributed by atoms with Gasteiger partial charge >= 0.3 is 0 Å². The van der Waals surface area contributed by atoms with Crippen LogP contribution in [0.25, 0.3) is 11.3 Å². The molecule has 0 aliphatic heterocycles. The molecule has 0 unspecified atom stereocenters. The average Bonchev–Trinajstić information content (AvgIpc) is 3.09. The number of aromatic nitrogens is 2. The number of rotatable bonds is 4. The van der Waals surface area contributed by atoms with Crippen LogP contribution < -0.4 is 10.5 Å². The number of aromatic amines is 1. The second-order valence-electron chi connectivity index (χ2n) is 5.94. The highest BCUT2D eigenvalue weighted by Crippen LogP contribution is 2.24. The smallest absolute Gasteiger partial charge is 0.273 e. The van der Waals surface area contributed by atoms with Gasteiger partial charge in [0.2, 0.25) is 10.0 Å². The normalized spacial score (nSPS) is 11.3. The number of aryl methyl sites for hydroxylation is 1. The van der Waals surface area contributed by atoms with Crippen molar-refractivity contribution >= 4 is 21.6 Å². The van der Waals surface area contributed by atoms with Crippen LogP contribution in [0.5, 0.6) is 0 Å². The number of anilines is 1. The van der Waals surface area contributed by atoms with E-state index in [4.69, 9.17) is 5.14 Å². The van der Waals surface area contributed by atoms with E-state index in [1.54, 1.807) is 19.9 Å². The third-order valence-corrected chi connectivity index (χ3v) is 5.00. The first-order valence-corrected chi connectivity index (χ1v) is 9.36. The zero-order valence-corrected chi connectivity index (χ0v) is 15.1. The van der Waals surface area contributed by atoms with Gasteiger partial charge < -0.3 is 5.32 Å². The molecule has 8 heteroatoms. The van der Waals surface area contributed by atoms with Crippen LogP contribution in [0.15, 0.2) is 53.4 Å². The molecular weight excluding hydrogens is 352 g/mol. The number of H-pyrrole nitrogens is 1. The number of carbonyl (C=O) groups is 1. The number of primary sulfonamides is 1. The zero-order valence-electron chi connectivity index (χ0n) is 14.3. The molecule has 0 radical (unpaired) electrons. The largest absolute Gasteiger partial charge is 0.320 e. The fourth-order valence-corrected chi connectivity index (χ4v) is 3.13. The predicted molar refractivity (Wildman–Crippen MR) is 99.3 cm³/mol. The van der Waals surface area contributed by atoms with Crippen LogP contribution in [-0.4, -0.2) is 24.5 Å². The first-order chi connectivity index (χ1) is 12.3. The van der Waals surface area contributed by atoms with Gasteiger partial charge in [-0.1, -0.05) is 30.3 Å². The first-order valence-electron chi connectivity index (χ1n) is 7.82. The molecule has 3 rings (SSSR count). The zero-order chi connectivity index (χ0) is 18.9. The number of hydrogen-bond donors (Lipinski definition) is 3. The maximum Gasteiger partial charge on any atom is 0.273 e. The molecule has 0 bridgehead atoms. The molecule has 0 aliphatic carbocycles. The summed E-state index contributed by atoms with van der Waals surface area (Å²) in [6.07, 6.45) is 0. The summed E-state index contributed by atoms with van der Waals surface area (Å²) in [5.74, 6) is -0.422. The van der Waals surface area contributed by atoms with Crippen molar-refractivity contribution in [3.63, 3.8) is 0 Å². The Kier molecular flexibility index (Phi) is 4.62. The lowest BCUT2D eigenvalue weighted by Crippen LogP contribution is -2.16. The summed E-state index contributed by atoms with van der Waals surface area (Å²) in [5.41, 5.74) is 3.64. The number of hydrogen-bond acceptors (Lipinski definition) is 4. The summed E-state index contributed by atoms with van der Waals surface area (Å²) < 4.78 is 23.2. The molecule has 0 spiro atoms. The van der Waals surface area contributed by atoms with Gasteiger partial charge in [-0.2, -0.15) is 5.10 Å². The minimum atomic E-state index is -3.87. The number of nitrogens with one attached hydrogen (secondary N) is 2. The number of amides is 1. The van der Waals surface area contributed by atoms with Crippen molar-refractivity contribution in [3.05, 3.63) is 65.4 Å². The van der Waals surface area contributed by atoms with Crippen molar-refractivity contribution < 1.29 is 13.2 Å². The summed E-state index contributed by atoms with van der Waals surface area (Å²) >= 11 is 0. The summed E-state index contributed by atoms with van der Waals surface area (Å²) in [5, 5.41) is 14.8. The molecular formula is C18H18N4O3S. The van der Waals surface area contributed by atoms with Gasteiger partial charge in [0.1, 0.15) is 5.69 Å². The molecule has 0 fully saturated rings. The van der Waals surface area contributed by atoms with Gasteiger partial charge in [-0.3, -0.25) is 9.89 Å². The Hall–Kier alpha value is -2.97. The van der Waals surface area contributed by atoms with Crippen LogP contribution in [0.4, 0.5) is 5.69 Å². The molecule has 1 aromatic heterocycles. The Morgan fingerprint density at radius 1 is 1.12 bits per heavy atom. The number of nitrogens with two attached hydrogens (primary N) is 1. The minimum absolute atomic E-state index is 0.0505. The van der Waals surface area contributed by atoms with E-state index >= 15 is 0 Å². The molecule has 2 aromatic carbocycles. The summed E-state index contributed by atoms with van der Waals surface area (Å²) in [4.78, 5) is 12.5. The summed E-state index contributed by atoms with van der Waals surface area (Å²) in [7, 11) is -3.87. The molecule has 4 N–H and O–H groups in total. The van der Waals surface area contributed by atoms with Crippen LogP contribution in [0.1, 0.15) is 21.6 Å². The summed E-state index contributed by atoms with van der Waals surface area (Å²) in [6.45, 7) is 3.55. The number of nitrogens with zero attached hydrogens (tertiary/aromatic N) is 1. The van der Waals surface area contributed by atoms with Gasteiger partial charge in [0.05, 0.1) is 10.6 Å². The lowest BCUT2D eigenvalue weighted by Gasteiger charge is -2.12. The molecule has 1 heterocycles. The molecule has 7 nitrogen and oxygen atoms in total. The SMILES string of the molecule is Cc1cc(S(N)(=O)=O)cc(NC(=O)c2cc(-c3ccccc3)n[nH]2)c1C. The van der Waals surface area contributed by atoms with Gasteiger partial charge in [0.15, 0.2) is 0 Å². The first kappa shape index (κ1) is 17.8. The number of sulfonamides is 1. The number of benzene rings is 2. The third-order valence-electron chi connectivity index (χ3n) is 4.11. The van der Waals surface area contributed by atoms with Crippen LogP contribution in [0.3, 0.4) is 0 Å². The van der Waals surface area contributed by atoms with Crippen molar-refractivity contribution in [3.8, 4) is 11.3 Å². The van der Waals surface area contributed by atoms with Crippen molar-refractivity contribution in [2.75, 3.05) is 5.32 Å². The quantitative estimate of drug-likeness (QED) is 0.654. The predicted octanol–water partition coefficient (Wildman–Crippen LogP) is 2.59. The topological polar surface area (TPSA) is 118 Å². The van der Waals surface area contributed by atoms with E-state index < -0.39 is 15.9 Å². The minimum Gasteiger partial charge on any atom is -0.320 e. The highest BCUT2D eigenvalue weighted by atomic mass is 32.2. The van der Waals surface area contributed by atoms with Gasteiger partial charge in [-0.05, 0) is 43.2 Å². The fourth-order valence-electron chi connectivity index (χ4n) is 2.50. The van der Waals surface area contributed by atoms with Crippen LogP contribution in [0, 0.1) is 13.8 Å². The van der Waals surface area contributed by atoms with Crippen molar-refractivity contribution in [2.24, 2.45) is 5.14 Å². The molecule has 3 aromatic rings. The summed E-state index contributed by atoms with van der Waals surface area (Å²) in [6, 6.07) is 13.9. The molecule has 0 saturated heterocycles. The highest BCUT2D eigenvalue weighted by molar-refractivity contribution is 7.89. The van der Waals surface area contributed by atoms with E-state index in [1.165, 1.54) is 12.1 Å². The van der Waals surface area contributed by atoms with Crippen molar-refractivity contribution in [2.45, 2.75) is 18.7 Å². The third kappa shape index (κ3) is 3.66. The van der Waals surface area contributed by atoms with E-state index in [9.17, 15) is 13.2 Å². The molecule has 0 aliphatic rings. The fraction of sp³-hybridized carbons (Fsp3) is 0.111. The van der Waals surface area contributed by atoms with E-state index in [0.29, 0.717) is 16.9 Å². The highest BCUT2D eigenvalue weighted by Gasteiger charge is 2.16.